The summed E-state index contributed by atoms with van der Waals surface area (Å²) < 4.78 is 47.2. The second-order valence-corrected chi connectivity index (χ2v) is 6.70. The number of benzene rings is 1. The van der Waals surface area contributed by atoms with E-state index in [1.165, 1.54) is 0 Å². The summed E-state index contributed by atoms with van der Waals surface area (Å²) in [6, 6.07) is 0.714. The van der Waals surface area contributed by atoms with Gasteiger partial charge in [0.25, 0.3) is 0 Å². The number of alkyl halides is 1. The molecule has 1 aliphatic heterocycles. The Balaban J connectivity index is 1.92. The zero-order valence-corrected chi connectivity index (χ0v) is 13.9. The smallest absolute Gasteiger partial charge is 0.225 e. The van der Waals surface area contributed by atoms with Gasteiger partial charge in [0, 0.05) is 17.8 Å². The highest BCUT2D eigenvalue weighted by Gasteiger charge is 2.56. The van der Waals surface area contributed by atoms with Crippen LogP contribution >= 0.6 is 27.5 Å². The van der Waals surface area contributed by atoms with Gasteiger partial charge < -0.3 is 9.64 Å². The lowest BCUT2D eigenvalue weighted by atomic mass is 10.2. The van der Waals surface area contributed by atoms with Gasteiger partial charge in [-0.2, -0.15) is 4.98 Å². The van der Waals surface area contributed by atoms with Crippen molar-refractivity contribution in [3.8, 4) is 0 Å². The number of nitrogens with zero attached hydrogens (tertiary/aromatic N) is 3. The molecule has 1 saturated carbocycles. The molecular formula is C14H10BrClF3N3O. The van der Waals surface area contributed by atoms with Gasteiger partial charge in [-0.25, -0.2) is 18.2 Å². The van der Waals surface area contributed by atoms with Crippen molar-refractivity contribution in [2.75, 3.05) is 24.7 Å². The van der Waals surface area contributed by atoms with E-state index < -0.39 is 23.8 Å². The van der Waals surface area contributed by atoms with Crippen molar-refractivity contribution >= 4 is 44.3 Å². The zero-order chi connectivity index (χ0) is 16.3. The molecule has 0 amide bonds. The van der Waals surface area contributed by atoms with Gasteiger partial charge in [-0.1, -0.05) is 0 Å². The molecule has 0 N–H and O–H groups in total. The van der Waals surface area contributed by atoms with Crippen LogP contribution in [0.15, 0.2) is 10.5 Å². The van der Waals surface area contributed by atoms with E-state index in [2.05, 4.69) is 25.9 Å². The molecule has 23 heavy (non-hydrogen) atoms. The first-order chi connectivity index (χ1) is 11.0. The van der Waals surface area contributed by atoms with Crippen molar-refractivity contribution < 1.29 is 17.9 Å². The molecule has 0 unspecified atom stereocenters. The summed E-state index contributed by atoms with van der Waals surface area (Å²) >= 11 is 8.74. The molecule has 2 heterocycles. The Morgan fingerprint density at radius 3 is 2.91 bits per heavy atom. The molecule has 1 aliphatic carbocycles. The molecule has 2 aromatic rings. The average Bonchev–Trinajstić information content (AvgIpc) is 3.21. The maximum atomic E-state index is 14.3. The molecule has 1 aromatic heterocycles. The van der Waals surface area contributed by atoms with Gasteiger partial charge in [0.05, 0.1) is 23.7 Å². The van der Waals surface area contributed by atoms with E-state index in [9.17, 15) is 13.2 Å². The fourth-order valence-corrected chi connectivity index (χ4v) is 3.50. The van der Waals surface area contributed by atoms with Crippen LogP contribution in [-0.4, -0.2) is 41.9 Å². The van der Waals surface area contributed by atoms with Crippen LogP contribution in [0.4, 0.5) is 19.0 Å². The number of halogens is 5. The molecule has 4 rings (SSSR count). The molecule has 0 radical (unpaired) electrons. The number of rotatable bonds is 1. The molecule has 2 aliphatic rings. The Labute approximate surface area is 142 Å². The highest BCUT2D eigenvalue weighted by Crippen LogP contribution is 2.44. The minimum Gasteiger partial charge on any atom is -0.379 e. The summed E-state index contributed by atoms with van der Waals surface area (Å²) in [5, 5.41) is -0.0185. The molecule has 1 aromatic carbocycles. The summed E-state index contributed by atoms with van der Waals surface area (Å²) in [6.45, 7) is 1.07. The summed E-state index contributed by atoms with van der Waals surface area (Å²) in [4.78, 5) is 9.62. The first-order valence-electron chi connectivity index (χ1n) is 6.98. The van der Waals surface area contributed by atoms with Crippen LogP contribution in [0.2, 0.25) is 5.28 Å². The quantitative estimate of drug-likeness (QED) is 0.535. The lowest BCUT2D eigenvalue weighted by Crippen LogP contribution is -2.31. The van der Waals surface area contributed by atoms with E-state index in [0.717, 1.165) is 6.07 Å². The minimum absolute atomic E-state index is 0.106. The largest absolute Gasteiger partial charge is 0.379 e. The molecule has 4 nitrogen and oxygen atoms in total. The molecular weight excluding hydrogens is 399 g/mol. The van der Waals surface area contributed by atoms with Gasteiger partial charge >= 0.3 is 0 Å². The van der Waals surface area contributed by atoms with Crippen molar-refractivity contribution in [3.05, 3.63) is 27.5 Å². The Morgan fingerprint density at radius 2 is 2.13 bits per heavy atom. The SMILES string of the molecule is Fc1cc2c(N3CCOC[C@H]4[C@H](F)[C@H]43)nc(Cl)nc2c(F)c1Br. The van der Waals surface area contributed by atoms with Gasteiger partial charge in [0.2, 0.25) is 5.28 Å². The maximum Gasteiger partial charge on any atom is 0.225 e. The van der Waals surface area contributed by atoms with E-state index >= 15 is 0 Å². The van der Waals surface area contributed by atoms with Crippen LogP contribution in [0.1, 0.15) is 0 Å². The van der Waals surface area contributed by atoms with E-state index in [1.807, 2.05) is 0 Å². The van der Waals surface area contributed by atoms with Gasteiger partial charge in [-0.15, -0.1) is 0 Å². The first kappa shape index (κ1) is 15.4. The molecule has 1 saturated heterocycles. The summed E-state index contributed by atoms with van der Waals surface area (Å²) in [6.07, 6.45) is -1.05. The fraction of sp³-hybridized carbons (Fsp3) is 0.429. The second-order valence-electron chi connectivity index (χ2n) is 5.57. The zero-order valence-electron chi connectivity index (χ0n) is 11.6. The van der Waals surface area contributed by atoms with Gasteiger partial charge in [0.1, 0.15) is 23.3 Å². The van der Waals surface area contributed by atoms with Crippen LogP contribution in [0.3, 0.4) is 0 Å². The molecule has 0 bridgehead atoms. The first-order valence-corrected chi connectivity index (χ1v) is 8.15. The third kappa shape index (κ3) is 2.38. The number of anilines is 1. The third-order valence-electron chi connectivity index (χ3n) is 4.23. The highest BCUT2D eigenvalue weighted by atomic mass is 79.9. The second kappa shape index (κ2) is 5.46. The van der Waals surface area contributed by atoms with Gasteiger partial charge in [-0.05, 0) is 33.6 Å². The lowest BCUT2D eigenvalue weighted by molar-refractivity contribution is 0.131. The third-order valence-corrected chi connectivity index (χ3v) is 5.13. The molecule has 9 heteroatoms. The van der Waals surface area contributed by atoms with Crippen LogP contribution in [0.5, 0.6) is 0 Å². The molecule has 3 atom stereocenters. The topological polar surface area (TPSA) is 38.2 Å². The fourth-order valence-electron chi connectivity index (χ4n) is 3.04. The van der Waals surface area contributed by atoms with Crippen molar-refractivity contribution in [2.24, 2.45) is 5.92 Å². The van der Waals surface area contributed by atoms with Crippen molar-refractivity contribution in [1.82, 2.24) is 9.97 Å². The predicted octanol–water partition coefficient (Wildman–Crippen LogP) is 3.50. The standard InChI is InChI=1S/C14H10BrClF3N3O/c15-8-7(17)3-5-11(10(8)19)20-14(16)21-13(5)22-1-2-23-4-6-9(18)12(6)22/h3,6,9,12H,1-2,4H2/t6-,9-,12-/m0/s1. The van der Waals surface area contributed by atoms with Crippen molar-refractivity contribution in [2.45, 2.75) is 12.2 Å². The van der Waals surface area contributed by atoms with Crippen LogP contribution < -0.4 is 4.90 Å². The number of fused-ring (bicyclic) bond motifs is 2. The number of ether oxygens (including phenoxy) is 1. The highest BCUT2D eigenvalue weighted by molar-refractivity contribution is 9.10. The van der Waals surface area contributed by atoms with Gasteiger partial charge in [0.15, 0.2) is 5.82 Å². The summed E-state index contributed by atoms with van der Waals surface area (Å²) in [5.74, 6) is -1.67. The molecule has 2 fully saturated rings. The number of aromatic nitrogens is 2. The molecule has 0 spiro atoms. The maximum absolute atomic E-state index is 14.3. The summed E-state index contributed by atoms with van der Waals surface area (Å²) in [7, 11) is 0. The number of hydrogen-bond acceptors (Lipinski definition) is 4. The van der Waals surface area contributed by atoms with E-state index in [-0.39, 0.29) is 32.4 Å². The van der Waals surface area contributed by atoms with Crippen LogP contribution in [0, 0.1) is 17.6 Å². The monoisotopic (exact) mass is 407 g/mol. The lowest BCUT2D eigenvalue weighted by Gasteiger charge is -2.23. The Kier molecular flexibility index (Phi) is 3.66. The van der Waals surface area contributed by atoms with E-state index in [4.69, 9.17) is 16.3 Å². The van der Waals surface area contributed by atoms with E-state index in [0.29, 0.717) is 19.8 Å². The average molecular weight is 409 g/mol. The van der Waals surface area contributed by atoms with Gasteiger partial charge in [-0.3, -0.25) is 0 Å². The Morgan fingerprint density at radius 1 is 1.35 bits per heavy atom. The van der Waals surface area contributed by atoms with E-state index in [1.54, 1.807) is 4.90 Å². The van der Waals surface area contributed by atoms with Crippen LogP contribution in [-0.2, 0) is 4.74 Å². The normalized spacial score (nSPS) is 27.0. The van der Waals surface area contributed by atoms with Crippen molar-refractivity contribution in [1.29, 1.82) is 0 Å². The Hall–Kier alpha value is -1.12. The van der Waals surface area contributed by atoms with Crippen molar-refractivity contribution in [3.63, 3.8) is 0 Å². The van der Waals surface area contributed by atoms with Crippen LogP contribution in [0.25, 0.3) is 10.9 Å². The number of hydrogen-bond donors (Lipinski definition) is 0. The summed E-state index contributed by atoms with van der Waals surface area (Å²) in [5.41, 5.74) is -0.106. The molecule has 122 valence electrons. The minimum atomic E-state index is -1.05. The Bertz CT molecular complexity index is 809. The predicted molar refractivity (Wildman–Crippen MR) is 82.5 cm³/mol.